The maximum absolute atomic E-state index is 11.6. The molecule has 6 nitrogen and oxygen atoms in total. The lowest BCUT2D eigenvalue weighted by atomic mass is 10.4. The molecule has 2 atom stereocenters. The number of rotatable bonds is 5. The van der Waals surface area contributed by atoms with Crippen LogP contribution < -0.4 is 16.0 Å². The van der Waals surface area contributed by atoms with E-state index in [1.165, 1.54) is 12.7 Å². The molecule has 1 amide bonds. The van der Waals surface area contributed by atoms with Crippen LogP contribution in [0.5, 0.6) is 0 Å². The molecule has 1 fully saturated rings. The first-order valence-electron chi connectivity index (χ1n) is 6.49. The van der Waals surface area contributed by atoms with Crippen LogP contribution in [0.4, 0.5) is 0 Å². The Morgan fingerprint density at radius 2 is 2.21 bits per heavy atom. The number of carbonyl (C=O) groups excluding carboxylic acids is 1. The average molecular weight is 264 g/mol. The zero-order valence-electron chi connectivity index (χ0n) is 11.3. The lowest BCUT2D eigenvalue weighted by Gasteiger charge is -2.11. The molecule has 2 unspecified atom stereocenters. The van der Waals surface area contributed by atoms with Crippen molar-refractivity contribution >= 4 is 11.9 Å². The standard InChI is InChI=1S/C13H20N4O2/c1-9-8-10(9)17-13(14-2)16-6-5-15-12(18)11-4-3-7-19-11/h3-4,7,9-10H,5-6,8H2,1-2H3,(H,15,18)(H2,14,16,17). The number of amides is 1. The van der Waals surface area contributed by atoms with Crippen molar-refractivity contribution in [3.63, 3.8) is 0 Å². The minimum Gasteiger partial charge on any atom is -0.459 e. The summed E-state index contributed by atoms with van der Waals surface area (Å²) in [6.45, 7) is 3.34. The second kappa shape index (κ2) is 6.26. The molecule has 1 aromatic heterocycles. The molecule has 19 heavy (non-hydrogen) atoms. The molecule has 1 aromatic rings. The molecule has 0 bridgehead atoms. The van der Waals surface area contributed by atoms with Gasteiger partial charge in [0, 0.05) is 26.2 Å². The first-order valence-corrected chi connectivity index (χ1v) is 6.49. The Labute approximate surface area is 112 Å². The van der Waals surface area contributed by atoms with Crippen molar-refractivity contribution in [2.75, 3.05) is 20.1 Å². The van der Waals surface area contributed by atoms with Gasteiger partial charge in [0.25, 0.3) is 5.91 Å². The van der Waals surface area contributed by atoms with Gasteiger partial charge in [-0.25, -0.2) is 0 Å². The summed E-state index contributed by atoms with van der Waals surface area (Å²) in [5, 5.41) is 9.23. The van der Waals surface area contributed by atoms with Crippen LogP contribution in [0.1, 0.15) is 23.9 Å². The lowest BCUT2D eigenvalue weighted by molar-refractivity contribution is 0.0926. The Hall–Kier alpha value is -1.98. The van der Waals surface area contributed by atoms with Crippen LogP contribution in [-0.4, -0.2) is 38.0 Å². The molecular formula is C13H20N4O2. The molecule has 0 aromatic carbocycles. The molecule has 104 valence electrons. The smallest absolute Gasteiger partial charge is 0.287 e. The predicted molar refractivity (Wildman–Crippen MR) is 73.1 cm³/mol. The molecule has 0 spiro atoms. The molecular weight excluding hydrogens is 244 g/mol. The van der Waals surface area contributed by atoms with E-state index in [9.17, 15) is 4.79 Å². The highest BCUT2D eigenvalue weighted by molar-refractivity contribution is 5.91. The highest BCUT2D eigenvalue weighted by Crippen LogP contribution is 2.28. The summed E-state index contributed by atoms with van der Waals surface area (Å²) in [7, 11) is 1.74. The normalized spacial score (nSPS) is 21.9. The minimum absolute atomic E-state index is 0.203. The monoisotopic (exact) mass is 264 g/mol. The van der Waals surface area contributed by atoms with Crippen molar-refractivity contribution in [3.8, 4) is 0 Å². The molecule has 1 aliphatic rings. The zero-order chi connectivity index (χ0) is 13.7. The first kappa shape index (κ1) is 13.5. The number of hydrogen-bond acceptors (Lipinski definition) is 3. The van der Waals surface area contributed by atoms with E-state index in [0.29, 0.717) is 24.9 Å². The van der Waals surface area contributed by atoms with Crippen LogP contribution >= 0.6 is 0 Å². The highest BCUT2D eigenvalue weighted by Gasteiger charge is 2.33. The molecule has 0 saturated heterocycles. The summed E-state index contributed by atoms with van der Waals surface area (Å²) in [4.78, 5) is 15.7. The molecule has 1 aliphatic carbocycles. The Morgan fingerprint density at radius 3 is 2.79 bits per heavy atom. The number of nitrogens with one attached hydrogen (secondary N) is 3. The molecule has 6 heteroatoms. The number of hydrogen-bond donors (Lipinski definition) is 3. The highest BCUT2D eigenvalue weighted by atomic mass is 16.3. The number of aliphatic imine (C=N–C) groups is 1. The number of furan rings is 1. The Bertz CT molecular complexity index is 442. The molecule has 0 aliphatic heterocycles. The Balaban J connectivity index is 1.61. The van der Waals surface area contributed by atoms with Gasteiger partial charge in [-0.15, -0.1) is 0 Å². The van der Waals surface area contributed by atoms with E-state index in [4.69, 9.17) is 4.42 Å². The molecule has 2 rings (SSSR count). The zero-order valence-corrected chi connectivity index (χ0v) is 11.3. The lowest BCUT2D eigenvalue weighted by Crippen LogP contribution is -2.42. The van der Waals surface area contributed by atoms with Crippen LogP contribution in [0, 0.1) is 5.92 Å². The second-order valence-corrected chi connectivity index (χ2v) is 4.70. The fourth-order valence-corrected chi connectivity index (χ4v) is 1.75. The van der Waals surface area contributed by atoms with Crippen molar-refractivity contribution < 1.29 is 9.21 Å². The van der Waals surface area contributed by atoms with Crippen molar-refractivity contribution in [1.82, 2.24) is 16.0 Å². The van der Waals surface area contributed by atoms with Gasteiger partial charge in [0.15, 0.2) is 11.7 Å². The summed E-state index contributed by atoms with van der Waals surface area (Å²) in [5.41, 5.74) is 0. The third-order valence-corrected chi connectivity index (χ3v) is 3.10. The topological polar surface area (TPSA) is 78.7 Å². The SMILES string of the molecule is CN=C(NCCNC(=O)c1ccco1)NC1CC1C. The van der Waals surface area contributed by atoms with Gasteiger partial charge >= 0.3 is 0 Å². The maximum atomic E-state index is 11.6. The molecule has 1 saturated carbocycles. The summed E-state index contributed by atoms with van der Waals surface area (Å²) < 4.78 is 5.00. The fourth-order valence-electron chi connectivity index (χ4n) is 1.75. The van der Waals surface area contributed by atoms with Gasteiger partial charge in [-0.05, 0) is 24.5 Å². The van der Waals surface area contributed by atoms with E-state index in [0.717, 1.165) is 11.9 Å². The van der Waals surface area contributed by atoms with Gasteiger partial charge in [-0.1, -0.05) is 6.92 Å². The van der Waals surface area contributed by atoms with Crippen LogP contribution in [0.3, 0.4) is 0 Å². The Morgan fingerprint density at radius 1 is 1.47 bits per heavy atom. The van der Waals surface area contributed by atoms with E-state index in [1.54, 1.807) is 19.2 Å². The van der Waals surface area contributed by atoms with Gasteiger partial charge in [0.2, 0.25) is 0 Å². The summed E-state index contributed by atoms with van der Waals surface area (Å²) in [6, 6.07) is 3.86. The number of guanidine groups is 1. The summed E-state index contributed by atoms with van der Waals surface area (Å²) in [6.07, 6.45) is 2.67. The van der Waals surface area contributed by atoms with Crippen molar-refractivity contribution in [2.45, 2.75) is 19.4 Å². The third kappa shape index (κ3) is 4.01. The van der Waals surface area contributed by atoms with E-state index >= 15 is 0 Å². The molecule has 1 heterocycles. The van der Waals surface area contributed by atoms with Crippen molar-refractivity contribution in [1.29, 1.82) is 0 Å². The quantitative estimate of drug-likeness (QED) is 0.413. The fraction of sp³-hybridized carbons (Fsp3) is 0.538. The van der Waals surface area contributed by atoms with E-state index in [1.807, 2.05) is 0 Å². The maximum Gasteiger partial charge on any atom is 0.287 e. The second-order valence-electron chi connectivity index (χ2n) is 4.70. The van der Waals surface area contributed by atoms with Gasteiger partial charge in [-0.2, -0.15) is 0 Å². The molecule has 3 N–H and O–H groups in total. The van der Waals surface area contributed by atoms with Gasteiger partial charge in [0.1, 0.15) is 0 Å². The van der Waals surface area contributed by atoms with Crippen LogP contribution in [0.25, 0.3) is 0 Å². The van der Waals surface area contributed by atoms with Crippen LogP contribution in [0.15, 0.2) is 27.8 Å². The van der Waals surface area contributed by atoms with E-state index in [-0.39, 0.29) is 5.91 Å². The average Bonchev–Trinajstić information content (AvgIpc) is 2.90. The van der Waals surface area contributed by atoms with Crippen molar-refractivity contribution in [2.24, 2.45) is 10.9 Å². The van der Waals surface area contributed by atoms with Crippen LogP contribution in [-0.2, 0) is 0 Å². The van der Waals surface area contributed by atoms with Crippen molar-refractivity contribution in [3.05, 3.63) is 24.2 Å². The van der Waals surface area contributed by atoms with E-state index < -0.39 is 0 Å². The third-order valence-electron chi connectivity index (χ3n) is 3.10. The summed E-state index contributed by atoms with van der Waals surface area (Å²) in [5.74, 6) is 1.62. The number of carbonyl (C=O) groups is 1. The summed E-state index contributed by atoms with van der Waals surface area (Å²) >= 11 is 0. The first-order chi connectivity index (χ1) is 9.20. The Kier molecular flexibility index (Phi) is 4.43. The number of nitrogens with zero attached hydrogens (tertiary/aromatic N) is 1. The van der Waals surface area contributed by atoms with Gasteiger partial charge < -0.3 is 20.4 Å². The largest absolute Gasteiger partial charge is 0.459 e. The minimum atomic E-state index is -0.203. The van der Waals surface area contributed by atoms with Gasteiger partial charge in [-0.3, -0.25) is 9.79 Å². The van der Waals surface area contributed by atoms with Crippen LogP contribution in [0.2, 0.25) is 0 Å². The van der Waals surface area contributed by atoms with E-state index in [2.05, 4.69) is 27.9 Å². The van der Waals surface area contributed by atoms with Gasteiger partial charge in [0.05, 0.1) is 6.26 Å². The predicted octanol–water partition coefficient (Wildman–Crippen LogP) is 0.583. The molecule has 0 radical (unpaired) electrons.